The number of carbonyl (C=O) groups is 1. The Morgan fingerprint density at radius 3 is 2.21 bits per heavy atom. The summed E-state index contributed by atoms with van der Waals surface area (Å²) in [5.41, 5.74) is -0.504. The number of likely N-dealkylation sites (tertiary alicyclic amines) is 1. The molecule has 1 saturated heterocycles. The fourth-order valence-electron chi connectivity index (χ4n) is 1.92. The lowest BCUT2D eigenvalue weighted by Crippen LogP contribution is -2.48. The molecular formula is C13H24F2N2O2. The lowest BCUT2D eigenvalue weighted by molar-refractivity contribution is 0.00970. The summed E-state index contributed by atoms with van der Waals surface area (Å²) in [5, 5.41) is 2.84. The first-order chi connectivity index (χ1) is 8.57. The van der Waals surface area contributed by atoms with Crippen molar-refractivity contribution in [2.24, 2.45) is 0 Å². The minimum absolute atomic E-state index is 0.0458. The molecule has 1 amide bonds. The molecule has 0 spiro atoms. The molecule has 0 radical (unpaired) electrons. The molecule has 19 heavy (non-hydrogen) atoms. The van der Waals surface area contributed by atoms with Gasteiger partial charge < -0.3 is 15.0 Å². The molecule has 0 atom stereocenters. The van der Waals surface area contributed by atoms with Crippen molar-refractivity contribution in [2.45, 2.75) is 58.1 Å². The summed E-state index contributed by atoms with van der Waals surface area (Å²) in [4.78, 5) is 13.4. The molecular weight excluding hydrogens is 254 g/mol. The molecule has 1 fully saturated rings. The summed E-state index contributed by atoms with van der Waals surface area (Å²) in [5.74, 6) is -2.69. The monoisotopic (exact) mass is 278 g/mol. The third kappa shape index (κ3) is 6.71. The number of amides is 1. The second-order valence-corrected chi connectivity index (χ2v) is 6.19. The number of carbonyl (C=O) groups excluding carboxylic acids is 1. The summed E-state index contributed by atoms with van der Waals surface area (Å²) in [6, 6.07) is 0.0458. The quantitative estimate of drug-likeness (QED) is 0.863. The van der Waals surface area contributed by atoms with Crippen molar-refractivity contribution >= 4 is 6.09 Å². The third-order valence-corrected chi connectivity index (χ3v) is 2.85. The number of rotatable bonds is 3. The molecule has 1 aliphatic heterocycles. The summed E-state index contributed by atoms with van der Waals surface area (Å²) in [6.07, 6.45) is 1.02. The molecule has 1 rings (SSSR count). The molecule has 6 heteroatoms. The van der Waals surface area contributed by atoms with Gasteiger partial charge in [0, 0.05) is 26.1 Å². The Morgan fingerprint density at radius 2 is 1.79 bits per heavy atom. The van der Waals surface area contributed by atoms with E-state index in [9.17, 15) is 13.6 Å². The molecule has 4 nitrogen and oxygen atoms in total. The van der Waals surface area contributed by atoms with Gasteiger partial charge in [-0.15, -0.1) is 0 Å². The van der Waals surface area contributed by atoms with Crippen molar-refractivity contribution < 1.29 is 18.3 Å². The van der Waals surface area contributed by atoms with Gasteiger partial charge in [-0.3, -0.25) is 0 Å². The maximum Gasteiger partial charge on any atom is 0.410 e. The van der Waals surface area contributed by atoms with E-state index in [2.05, 4.69) is 5.32 Å². The highest BCUT2D eigenvalue weighted by atomic mass is 19.3. The van der Waals surface area contributed by atoms with Gasteiger partial charge in [-0.25, -0.2) is 13.6 Å². The van der Waals surface area contributed by atoms with E-state index in [1.54, 1.807) is 4.90 Å². The summed E-state index contributed by atoms with van der Waals surface area (Å²) in [6.45, 7) is 7.14. The van der Waals surface area contributed by atoms with Crippen LogP contribution in [0.5, 0.6) is 0 Å². The first-order valence-corrected chi connectivity index (χ1v) is 6.66. The van der Waals surface area contributed by atoms with Crippen molar-refractivity contribution in [2.75, 3.05) is 19.6 Å². The van der Waals surface area contributed by atoms with Gasteiger partial charge in [0.1, 0.15) is 5.60 Å². The van der Waals surface area contributed by atoms with E-state index < -0.39 is 11.5 Å². The standard InChI is InChI=1S/C13H24F2N2O2/c1-12(2,3)19-11(18)17-7-5-10(6-8-17)16-9-13(4,14)15/h10,16H,5-9H2,1-4H3. The minimum atomic E-state index is -2.69. The second-order valence-electron chi connectivity index (χ2n) is 6.19. The van der Waals surface area contributed by atoms with Crippen LogP contribution in [0, 0.1) is 0 Å². The lowest BCUT2D eigenvalue weighted by atomic mass is 10.1. The Kier molecular flexibility index (Phi) is 5.12. The summed E-state index contributed by atoms with van der Waals surface area (Å²) < 4.78 is 30.7. The highest BCUT2D eigenvalue weighted by molar-refractivity contribution is 5.68. The maximum atomic E-state index is 12.7. The van der Waals surface area contributed by atoms with Crippen molar-refractivity contribution in [1.82, 2.24) is 10.2 Å². The Morgan fingerprint density at radius 1 is 1.26 bits per heavy atom. The summed E-state index contributed by atoms with van der Waals surface area (Å²) >= 11 is 0. The van der Waals surface area contributed by atoms with Crippen LogP contribution in [0.4, 0.5) is 13.6 Å². The van der Waals surface area contributed by atoms with Crippen LogP contribution in [0.25, 0.3) is 0 Å². The largest absolute Gasteiger partial charge is 0.444 e. The van der Waals surface area contributed by atoms with E-state index in [4.69, 9.17) is 4.74 Å². The Labute approximate surface area is 113 Å². The van der Waals surface area contributed by atoms with Crippen molar-refractivity contribution in [3.63, 3.8) is 0 Å². The molecule has 1 aliphatic rings. The molecule has 0 aromatic carbocycles. The van der Waals surface area contributed by atoms with Gasteiger partial charge in [-0.1, -0.05) is 0 Å². The van der Waals surface area contributed by atoms with E-state index in [1.165, 1.54) is 0 Å². The van der Waals surface area contributed by atoms with Crippen LogP contribution in [0.2, 0.25) is 0 Å². The zero-order valence-electron chi connectivity index (χ0n) is 12.1. The van der Waals surface area contributed by atoms with Crippen LogP contribution >= 0.6 is 0 Å². The number of nitrogens with one attached hydrogen (secondary N) is 1. The van der Waals surface area contributed by atoms with Gasteiger partial charge in [0.25, 0.3) is 5.92 Å². The average Bonchev–Trinajstić information content (AvgIpc) is 2.23. The van der Waals surface area contributed by atoms with Crippen LogP contribution < -0.4 is 5.32 Å². The number of hydrogen-bond acceptors (Lipinski definition) is 3. The number of halogens is 2. The van der Waals surface area contributed by atoms with Crippen LogP contribution in [-0.2, 0) is 4.74 Å². The van der Waals surface area contributed by atoms with Crippen molar-refractivity contribution in [3.8, 4) is 0 Å². The fraction of sp³-hybridized carbons (Fsp3) is 0.923. The van der Waals surface area contributed by atoms with Crippen LogP contribution in [0.15, 0.2) is 0 Å². The van der Waals surface area contributed by atoms with Gasteiger partial charge in [0.15, 0.2) is 0 Å². The first kappa shape index (κ1) is 16.1. The van der Waals surface area contributed by atoms with Gasteiger partial charge in [0.05, 0.1) is 6.54 Å². The van der Waals surface area contributed by atoms with E-state index in [-0.39, 0.29) is 18.7 Å². The third-order valence-electron chi connectivity index (χ3n) is 2.85. The number of ether oxygens (including phenoxy) is 1. The van der Waals surface area contributed by atoms with Crippen LogP contribution in [0.3, 0.4) is 0 Å². The van der Waals surface area contributed by atoms with Crippen LogP contribution in [0.1, 0.15) is 40.5 Å². The highest BCUT2D eigenvalue weighted by Gasteiger charge is 2.28. The zero-order valence-corrected chi connectivity index (χ0v) is 12.1. The van der Waals surface area contributed by atoms with Gasteiger partial charge in [-0.05, 0) is 33.6 Å². The van der Waals surface area contributed by atoms with E-state index >= 15 is 0 Å². The molecule has 0 aromatic rings. The maximum absolute atomic E-state index is 12.7. The smallest absolute Gasteiger partial charge is 0.410 e. The van der Waals surface area contributed by atoms with Gasteiger partial charge >= 0.3 is 6.09 Å². The minimum Gasteiger partial charge on any atom is -0.444 e. The molecule has 0 saturated carbocycles. The SMILES string of the molecule is CC(F)(F)CNC1CCN(C(=O)OC(C)(C)C)CC1. The molecule has 1 N–H and O–H groups in total. The normalized spacial score (nSPS) is 18.5. The topological polar surface area (TPSA) is 41.6 Å². The van der Waals surface area contributed by atoms with E-state index in [0.29, 0.717) is 25.9 Å². The van der Waals surface area contributed by atoms with Crippen LogP contribution in [-0.4, -0.2) is 48.2 Å². The molecule has 1 heterocycles. The summed E-state index contributed by atoms with van der Waals surface area (Å²) in [7, 11) is 0. The van der Waals surface area contributed by atoms with E-state index in [1.807, 2.05) is 20.8 Å². The Balaban J connectivity index is 2.31. The second kappa shape index (κ2) is 6.03. The Hall–Kier alpha value is -0.910. The molecule has 0 unspecified atom stereocenters. The van der Waals surface area contributed by atoms with Crippen molar-refractivity contribution in [3.05, 3.63) is 0 Å². The fourth-order valence-corrected chi connectivity index (χ4v) is 1.92. The molecule has 112 valence electrons. The molecule has 0 bridgehead atoms. The number of piperidine rings is 1. The number of nitrogens with zero attached hydrogens (tertiary/aromatic N) is 1. The lowest BCUT2D eigenvalue weighted by Gasteiger charge is -2.34. The average molecular weight is 278 g/mol. The van der Waals surface area contributed by atoms with Gasteiger partial charge in [0.2, 0.25) is 0 Å². The zero-order chi connectivity index (χ0) is 14.7. The predicted octanol–water partition coefficient (Wildman–Crippen LogP) is 2.63. The van der Waals surface area contributed by atoms with Crippen molar-refractivity contribution in [1.29, 1.82) is 0 Å². The highest BCUT2D eigenvalue weighted by Crippen LogP contribution is 2.16. The van der Waals surface area contributed by atoms with E-state index in [0.717, 1.165) is 6.92 Å². The molecule has 0 aromatic heterocycles. The first-order valence-electron chi connectivity index (χ1n) is 6.66. The number of hydrogen-bond donors (Lipinski definition) is 1. The Bertz CT molecular complexity index is 303. The predicted molar refractivity (Wildman–Crippen MR) is 69.5 cm³/mol. The number of alkyl halides is 2. The van der Waals surface area contributed by atoms with Gasteiger partial charge in [-0.2, -0.15) is 0 Å². The molecule has 0 aliphatic carbocycles.